The third kappa shape index (κ3) is 4.77. The number of hydrogen-bond acceptors (Lipinski definition) is 4. The zero-order chi connectivity index (χ0) is 16.7. The Labute approximate surface area is 137 Å². The first-order valence-electron chi connectivity index (χ1n) is 8.04. The van der Waals surface area contributed by atoms with Crippen LogP contribution in [0.25, 0.3) is 0 Å². The molecule has 2 aromatic rings. The van der Waals surface area contributed by atoms with Gasteiger partial charge in [-0.3, -0.25) is 4.79 Å². The lowest BCUT2D eigenvalue weighted by Crippen LogP contribution is -2.27. The summed E-state index contributed by atoms with van der Waals surface area (Å²) in [5.41, 5.74) is 2.02. The lowest BCUT2D eigenvalue weighted by atomic mass is 10.2. The maximum atomic E-state index is 12.6. The molecular weight excluding hydrogens is 288 g/mol. The summed E-state index contributed by atoms with van der Waals surface area (Å²) >= 11 is 0. The standard InChI is InChI=1S/C18H24N4O/c1-4-5-9-12-19-18-20-14(2)13-16(21-18)17(23)22(3)15-10-7-6-8-11-15/h6-8,10-11,13H,4-5,9,12H2,1-3H3,(H,19,20,21). The monoisotopic (exact) mass is 312 g/mol. The van der Waals surface area contributed by atoms with Crippen molar-refractivity contribution < 1.29 is 4.79 Å². The van der Waals surface area contributed by atoms with Crippen LogP contribution in [0.3, 0.4) is 0 Å². The number of amides is 1. The van der Waals surface area contributed by atoms with E-state index in [2.05, 4.69) is 22.2 Å². The van der Waals surface area contributed by atoms with Crippen molar-refractivity contribution in [3.8, 4) is 0 Å². The third-order valence-electron chi connectivity index (χ3n) is 3.58. The lowest BCUT2D eigenvalue weighted by molar-refractivity contribution is 0.0988. The van der Waals surface area contributed by atoms with Gasteiger partial charge in [0.05, 0.1) is 0 Å². The molecule has 0 atom stereocenters. The summed E-state index contributed by atoms with van der Waals surface area (Å²) in [4.78, 5) is 23.0. The van der Waals surface area contributed by atoms with Gasteiger partial charge in [0.15, 0.2) is 0 Å². The predicted molar refractivity (Wildman–Crippen MR) is 94.0 cm³/mol. The second kappa shape index (κ2) is 8.27. The molecule has 1 N–H and O–H groups in total. The van der Waals surface area contributed by atoms with Crippen LogP contribution in [0.4, 0.5) is 11.6 Å². The Bertz CT molecular complexity index is 643. The van der Waals surface area contributed by atoms with Gasteiger partial charge in [-0.2, -0.15) is 0 Å². The van der Waals surface area contributed by atoms with Crippen LogP contribution >= 0.6 is 0 Å². The Hall–Kier alpha value is -2.43. The number of carbonyl (C=O) groups is 1. The molecule has 0 aliphatic heterocycles. The van der Waals surface area contributed by atoms with Gasteiger partial charge >= 0.3 is 0 Å². The lowest BCUT2D eigenvalue weighted by Gasteiger charge is -2.17. The summed E-state index contributed by atoms with van der Waals surface area (Å²) in [5, 5.41) is 3.20. The smallest absolute Gasteiger partial charge is 0.276 e. The van der Waals surface area contributed by atoms with Crippen LogP contribution in [0.5, 0.6) is 0 Å². The van der Waals surface area contributed by atoms with Gasteiger partial charge in [0.1, 0.15) is 5.69 Å². The normalized spacial score (nSPS) is 10.4. The van der Waals surface area contributed by atoms with Crippen molar-refractivity contribution in [2.24, 2.45) is 0 Å². The first-order chi connectivity index (χ1) is 11.1. The van der Waals surface area contributed by atoms with Crippen LogP contribution in [0.1, 0.15) is 42.4 Å². The number of nitrogens with one attached hydrogen (secondary N) is 1. The predicted octanol–water partition coefficient (Wildman–Crippen LogP) is 3.66. The molecule has 1 aromatic carbocycles. The van der Waals surface area contributed by atoms with Crippen LogP contribution in [-0.2, 0) is 0 Å². The van der Waals surface area contributed by atoms with Crippen LogP contribution in [0.15, 0.2) is 36.4 Å². The van der Waals surface area contributed by atoms with Crippen LogP contribution in [0, 0.1) is 6.92 Å². The van der Waals surface area contributed by atoms with Crippen molar-refractivity contribution in [1.82, 2.24) is 9.97 Å². The summed E-state index contributed by atoms with van der Waals surface area (Å²) in [7, 11) is 1.75. The Morgan fingerprint density at radius 3 is 2.61 bits per heavy atom. The minimum atomic E-state index is -0.140. The highest BCUT2D eigenvalue weighted by atomic mass is 16.2. The van der Waals surface area contributed by atoms with Crippen molar-refractivity contribution in [2.45, 2.75) is 33.1 Å². The number of para-hydroxylation sites is 1. The number of carbonyl (C=O) groups excluding carboxylic acids is 1. The van der Waals surface area contributed by atoms with Crippen LogP contribution in [-0.4, -0.2) is 29.5 Å². The summed E-state index contributed by atoms with van der Waals surface area (Å²) < 4.78 is 0. The molecule has 1 aromatic heterocycles. The number of rotatable bonds is 7. The maximum absolute atomic E-state index is 12.6. The number of benzene rings is 1. The van der Waals surface area contributed by atoms with E-state index in [1.165, 1.54) is 12.8 Å². The van der Waals surface area contributed by atoms with Crippen molar-refractivity contribution in [1.29, 1.82) is 0 Å². The van der Waals surface area contributed by atoms with Gasteiger partial charge in [0.25, 0.3) is 5.91 Å². The average Bonchev–Trinajstić information content (AvgIpc) is 2.58. The zero-order valence-electron chi connectivity index (χ0n) is 14.0. The van der Waals surface area contributed by atoms with Gasteiger partial charge < -0.3 is 10.2 Å². The molecule has 0 bridgehead atoms. The van der Waals surface area contributed by atoms with E-state index in [4.69, 9.17) is 0 Å². The van der Waals surface area contributed by atoms with Gasteiger partial charge in [0.2, 0.25) is 5.95 Å². The first-order valence-corrected chi connectivity index (χ1v) is 8.04. The molecule has 5 nitrogen and oxygen atoms in total. The summed E-state index contributed by atoms with van der Waals surface area (Å²) in [6, 6.07) is 11.3. The fraction of sp³-hybridized carbons (Fsp3) is 0.389. The molecule has 5 heteroatoms. The van der Waals surface area contributed by atoms with Crippen molar-refractivity contribution in [2.75, 3.05) is 23.8 Å². The molecule has 0 radical (unpaired) electrons. The second-order valence-electron chi connectivity index (χ2n) is 5.55. The fourth-order valence-electron chi connectivity index (χ4n) is 2.27. The Balaban J connectivity index is 2.12. The molecule has 1 heterocycles. The van der Waals surface area contributed by atoms with Gasteiger partial charge in [-0.1, -0.05) is 38.0 Å². The zero-order valence-corrected chi connectivity index (χ0v) is 14.0. The van der Waals surface area contributed by atoms with Gasteiger partial charge in [0, 0.05) is 25.0 Å². The molecule has 0 saturated carbocycles. The van der Waals surface area contributed by atoms with Gasteiger partial charge in [-0.05, 0) is 31.5 Å². The second-order valence-corrected chi connectivity index (χ2v) is 5.55. The van der Waals surface area contributed by atoms with E-state index >= 15 is 0 Å². The summed E-state index contributed by atoms with van der Waals surface area (Å²) in [5.74, 6) is 0.379. The van der Waals surface area contributed by atoms with Crippen LogP contribution < -0.4 is 10.2 Å². The largest absolute Gasteiger partial charge is 0.354 e. The molecule has 122 valence electrons. The topological polar surface area (TPSA) is 58.1 Å². The van der Waals surface area contributed by atoms with E-state index in [9.17, 15) is 4.79 Å². The Morgan fingerprint density at radius 1 is 1.17 bits per heavy atom. The number of aromatic nitrogens is 2. The molecule has 0 saturated heterocycles. The quantitative estimate of drug-likeness (QED) is 0.793. The molecule has 0 unspecified atom stereocenters. The molecule has 1 amide bonds. The molecule has 0 fully saturated rings. The van der Waals surface area contributed by atoms with Crippen LogP contribution in [0.2, 0.25) is 0 Å². The maximum Gasteiger partial charge on any atom is 0.276 e. The minimum absolute atomic E-state index is 0.140. The SMILES string of the molecule is CCCCCNc1nc(C)cc(C(=O)N(C)c2ccccc2)n1. The summed E-state index contributed by atoms with van der Waals surface area (Å²) in [6.07, 6.45) is 3.41. The number of unbranched alkanes of at least 4 members (excludes halogenated alkanes) is 2. The number of hydrogen-bond donors (Lipinski definition) is 1. The van der Waals surface area contributed by atoms with Crippen molar-refractivity contribution in [3.63, 3.8) is 0 Å². The Morgan fingerprint density at radius 2 is 1.91 bits per heavy atom. The summed E-state index contributed by atoms with van der Waals surface area (Å²) in [6.45, 7) is 4.86. The fourth-order valence-corrected chi connectivity index (χ4v) is 2.27. The van der Waals surface area contributed by atoms with E-state index < -0.39 is 0 Å². The molecule has 0 aliphatic carbocycles. The van der Waals surface area contributed by atoms with E-state index in [1.54, 1.807) is 18.0 Å². The van der Waals surface area contributed by atoms with E-state index in [0.717, 1.165) is 24.3 Å². The highest BCUT2D eigenvalue weighted by molar-refractivity contribution is 6.04. The van der Waals surface area contributed by atoms with Crippen molar-refractivity contribution >= 4 is 17.5 Å². The van der Waals surface area contributed by atoms with Gasteiger partial charge in [-0.25, -0.2) is 9.97 Å². The highest BCUT2D eigenvalue weighted by Gasteiger charge is 2.16. The van der Waals surface area contributed by atoms with E-state index in [-0.39, 0.29) is 5.91 Å². The molecule has 23 heavy (non-hydrogen) atoms. The molecule has 0 aliphatic rings. The van der Waals surface area contributed by atoms with Gasteiger partial charge in [-0.15, -0.1) is 0 Å². The minimum Gasteiger partial charge on any atom is -0.354 e. The number of aryl methyl sites for hydroxylation is 1. The average molecular weight is 312 g/mol. The molecule has 0 spiro atoms. The number of anilines is 2. The molecule has 2 rings (SSSR count). The highest BCUT2D eigenvalue weighted by Crippen LogP contribution is 2.15. The number of nitrogens with zero attached hydrogens (tertiary/aromatic N) is 3. The Kier molecular flexibility index (Phi) is 6.09. The van der Waals surface area contributed by atoms with E-state index in [0.29, 0.717) is 11.6 Å². The van der Waals surface area contributed by atoms with Crippen molar-refractivity contribution in [3.05, 3.63) is 47.8 Å². The van der Waals surface area contributed by atoms with E-state index in [1.807, 2.05) is 37.3 Å². The third-order valence-corrected chi connectivity index (χ3v) is 3.58. The molecular formula is C18H24N4O. The first kappa shape index (κ1) is 16.9.